The molecule has 0 radical (unpaired) electrons. The highest BCUT2D eigenvalue weighted by Gasteiger charge is 2.19. The minimum Gasteiger partial charge on any atom is -0.346 e. The van der Waals surface area contributed by atoms with Crippen molar-refractivity contribution >= 4 is 11.8 Å². The summed E-state index contributed by atoms with van der Waals surface area (Å²) >= 11 is 0. The normalized spacial score (nSPS) is 14.9. The minimum atomic E-state index is 0.110. The molecule has 0 aromatic heterocycles. The smallest absolute Gasteiger partial charge is 0.236 e. The molecule has 1 aliphatic rings. The molecule has 2 N–H and O–H groups in total. The molecule has 0 unspecified atom stereocenters. The summed E-state index contributed by atoms with van der Waals surface area (Å²) in [5.74, 6) is 0.285. The maximum Gasteiger partial charge on any atom is 0.236 e. The fourth-order valence-electron chi connectivity index (χ4n) is 2.31. The minimum absolute atomic E-state index is 0.110. The van der Waals surface area contributed by atoms with Crippen LogP contribution >= 0.6 is 0 Å². The quantitative estimate of drug-likeness (QED) is 0.666. The number of hydrogen-bond acceptors (Lipinski definition) is 4. The summed E-state index contributed by atoms with van der Waals surface area (Å²) in [6, 6.07) is 0. The van der Waals surface area contributed by atoms with Crippen molar-refractivity contribution in [3.63, 3.8) is 0 Å². The summed E-state index contributed by atoms with van der Waals surface area (Å²) < 4.78 is 0. The predicted molar refractivity (Wildman–Crippen MR) is 79.2 cm³/mol. The van der Waals surface area contributed by atoms with Crippen LogP contribution in [0.4, 0.5) is 0 Å². The van der Waals surface area contributed by atoms with Crippen molar-refractivity contribution in [1.29, 1.82) is 0 Å². The molecule has 0 saturated carbocycles. The zero-order valence-corrected chi connectivity index (χ0v) is 12.8. The van der Waals surface area contributed by atoms with E-state index in [0.717, 1.165) is 32.4 Å². The Morgan fingerprint density at radius 1 is 1.15 bits per heavy atom. The molecule has 0 atom stereocenters. The number of likely N-dealkylation sites (tertiary alicyclic amines) is 1. The Morgan fingerprint density at radius 3 is 2.40 bits per heavy atom. The summed E-state index contributed by atoms with van der Waals surface area (Å²) in [6.45, 7) is 4.08. The molecule has 0 spiro atoms. The van der Waals surface area contributed by atoms with Gasteiger partial charge in [-0.25, -0.2) is 0 Å². The number of nitrogens with two attached hydrogens (primary N) is 1. The first-order chi connectivity index (χ1) is 9.54. The van der Waals surface area contributed by atoms with E-state index in [4.69, 9.17) is 5.73 Å². The summed E-state index contributed by atoms with van der Waals surface area (Å²) in [5.41, 5.74) is 5.43. The molecule has 1 saturated heterocycles. The van der Waals surface area contributed by atoms with Crippen LogP contribution in [-0.4, -0.2) is 79.9 Å². The van der Waals surface area contributed by atoms with Gasteiger partial charge in [0.2, 0.25) is 11.8 Å². The highest BCUT2D eigenvalue weighted by atomic mass is 16.2. The summed E-state index contributed by atoms with van der Waals surface area (Å²) in [7, 11) is 3.69. The molecule has 0 aromatic rings. The van der Waals surface area contributed by atoms with Crippen molar-refractivity contribution in [2.24, 2.45) is 5.73 Å². The van der Waals surface area contributed by atoms with Gasteiger partial charge in [0.25, 0.3) is 0 Å². The molecule has 1 fully saturated rings. The van der Waals surface area contributed by atoms with E-state index in [2.05, 4.69) is 0 Å². The van der Waals surface area contributed by atoms with Gasteiger partial charge in [0.1, 0.15) is 0 Å². The van der Waals surface area contributed by atoms with Gasteiger partial charge < -0.3 is 15.5 Å². The van der Waals surface area contributed by atoms with Crippen LogP contribution in [0.15, 0.2) is 0 Å². The molecule has 0 aromatic carbocycles. The third-order valence-corrected chi connectivity index (χ3v) is 3.69. The molecule has 0 aliphatic carbocycles. The average Bonchev–Trinajstić information content (AvgIpc) is 2.96. The number of carbonyl (C=O) groups excluding carboxylic acids is 2. The second kappa shape index (κ2) is 8.92. The summed E-state index contributed by atoms with van der Waals surface area (Å²) in [6.07, 6.45) is 3.50. The van der Waals surface area contributed by atoms with Crippen LogP contribution in [0.2, 0.25) is 0 Å². The van der Waals surface area contributed by atoms with Crippen molar-refractivity contribution in [1.82, 2.24) is 14.7 Å². The predicted octanol–water partition coefficient (Wildman–Crippen LogP) is -0.262. The lowest BCUT2D eigenvalue weighted by atomic mass is 10.3. The molecule has 20 heavy (non-hydrogen) atoms. The zero-order chi connectivity index (χ0) is 15.0. The van der Waals surface area contributed by atoms with Gasteiger partial charge in [-0.05, 0) is 32.9 Å². The van der Waals surface area contributed by atoms with Gasteiger partial charge >= 0.3 is 0 Å². The summed E-state index contributed by atoms with van der Waals surface area (Å²) in [5, 5.41) is 0. The van der Waals surface area contributed by atoms with Gasteiger partial charge in [-0.2, -0.15) is 0 Å². The van der Waals surface area contributed by atoms with E-state index in [1.54, 1.807) is 11.9 Å². The SMILES string of the molecule is CN(CCC(=O)N(C)CCCN)CC(=O)N1CCCC1. The van der Waals surface area contributed by atoms with Gasteiger partial charge in [0.15, 0.2) is 0 Å². The monoisotopic (exact) mass is 284 g/mol. The van der Waals surface area contributed by atoms with E-state index in [1.165, 1.54) is 0 Å². The Balaban J connectivity index is 2.19. The molecule has 6 heteroatoms. The Bertz CT molecular complexity index is 316. The van der Waals surface area contributed by atoms with Crippen LogP contribution in [-0.2, 0) is 9.59 Å². The average molecular weight is 284 g/mol. The zero-order valence-electron chi connectivity index (χ0n) is 12.8. The number of amides is 2. The molecule has 2 amide bonds. The second-order valence-corrected chi connectivity index (χ2v) is 5.53. The lowest BCUT2D eigenvalue weighted by Gasteiger charge is -2.22. The molecule has 0 bridgehead atoms. The first-order valence-corrected chi connectivity index (χ1v) is 7.45. The Morgan fingerprint density at radius 2 is 1.80 bits per heavy atom. The third-order valence-electron chi connectivity index (χ3n) is 3.69. The molecular formula is C14H28N4O2. The van der Waals surface area contributed by atoms with Gasteiger partial charge in [-0.3, -0.25) is 14.5 Å². The van der Waals surface area contributed by atoms with Crippen LogP contribution in [0.25, 0.3) is 0 Å². The van der Waals surface area contributed by atoms with Gasteiger partial charge in [0.05, 0.1) is 6.54 Å². The Hall–Kier alpha value is -1.14. The van der Waals surface area contributed by atoms with Crippen molar-refractivity contribution < 1.29 is 9.59 Å². The Kier molecular flexibility index (Phi) is 7.54. The molecule has 1 heterocycles. The van der Waals surface area contributed by atoms with Gasteiger partial charge in [-0.1, -0.05) is 0 Å². The fraction of sp³-hybridized carbons (Fsp3) is 0.857. The van der Waals surface area contributed by atoms with E-state index in [1.807, 2.05) is 16.8 Å². The molecule has 1 rings (SSSR count). The van der Waals surface area contributed by atoms with E-state index in [0.29, 0.717) is 32.6 Å². The maximum atomic E-state index is 12.0. The largest absolute Gasteiger partial charge is 0.346 e. The van der Waals surface area contributed by atoms with E-state index in [9.17, 15) is 9.59 Å². The second-order valence-electron chi connectivity index (χ2n) is 5.53. The van der Waals surface area contributed by atoms with Crippen LogP contribution in [0.3, 0.4) is 0 Å². The highest BCUT2D eigenvalue weighted by molar-refractivity contribution is 5.79. The molecular weight excluding hydrogens is 256 g/mol. The first kappa shape index (κ1) is 16.9. The van der Waals surface area contributed by atoms with Crippen molar-refractivity contribution in [3.05, 3.63) is 0 Å². The molecule has 1 aliphatic heterocycles. The molecule has 6 nitrogen and oxygen atoms in total. The maximum absolute atomic E-state index is 12.0. The van der Waals surface area contributed by atoms with Crippen LogP contribution in [0.5, 0.6) is 0 Å². The Labute approximate surface area is 121 Å². The van der Waals surface area contributed by atoms with Crippen molar-refractivity contribution in [3.8, 4) is 0 Å². The van der Waals surface area contributed by atoms with Crippen molar-refractivity contribution in [2.75, 3.05) is 53.4 Å². The van der Waals surface area contributed by atoms with Crippen LogP contribution < -0.4 is 5.73 Å². The number of rotatable bonds is 8. The molecule has 116 valence electrons. The number of likely N-dealkylation sites (N-methyl/N-ethyl adjacent to an activating group) is 1. The van der Waals surface area contributed by atoms with Gasteiger partial charge in [-0.15, -0.1) is 0 Å². The standard InChI is InChI=1S/C14H28N4O2/c1-16(12-14(20)18-9-3-4-10-18)11-6-13(19)17(2)8-5-7-15/h3-12,15H2,1-2H3. The topological polar surface area (TPSA) is 69.9 Å². The van der Waals surface area contributed by atoms with E-state index < -0.39 is 0 Å². The number of nitrogens with zero attached hydrogens (tertiary/aromatic N) is 3. The fourth-order valence-corrected chi connectivity index (χ4v) is 2.31. The van der Waals surface area contributed by atoms with Crippen LogP contribution in [0.1, 0.15) is 25.7 Å². The third kappa shape index (κ3) is 5.88. The first-order valence-electron chi connectivity index (χ1n) is 7.45. The van der Waals surface area contributed by atoms with Crippen LogP contribution in [0, 0.1) is 0 Å². The highest BCUT2D eigenvalue weighted by Crippen LogP contribution is 2.07. The number of hydrogen-bond donors (Lipinski definition) is 1. The lowest BCUT2D eigenvalue weighted by Crippen LogP contribution is -2.39. The summed E-state index contributed by atoms with van der Waals surface area (Å²) in [4.78, 5) is 29.4. The van der Waals surface area contributed by atoms with Crippen molar-refractivity contribution in [2.45, 2.75) is 25.7 Å². The van der Waals surface area contributed by atoms with Gasteiger partial charge in [0, 0.05) is 39.6 Å². The van der Waals surface area contributed by atoms with E-state index >= 15 is 0 Å². The number of carbonyl (C=O) groups is 2. The lowest BCUT2D eigenvalue weighted by molar-refractivity contribution is -0.133. The van der Waals surface area contributed by atoms with E-state index in [-0.39, 0.29) is 11.8 Å².